The van der Waals surface area contributed by atoms with E-state index in [0.717, 1.165) is 16.9 Å². The van der Waals surface area contributed by atoms with Gasteiger partial charge in [0.2, 0.25) is 0 Å². The van der Waals surface area contributed by atoms with Crippen molar-refractivity contribution in [3.63, 3.8) is 0 Å². The molecule has 0 amide bonds. The number of alkyl halides is 2. The molecule has 0 spiro atoms. The van der Waals surface area contributed by atoms with Crippen LogP contribution < -0.4 is 4.90 Å². The number of anilines is 1. The molecule has 0 atom stereocenters. The molecule has 23 heavy (non-hydrogen) atoms. The predicted octanol–water partition coefficient (Wildman–Crippen LogP) is 3.80. The fourth-order valence-electron chi connectivity index (χ4n) is 2.64. The molecule has 0 aliphatic carbocycles. The molecule has 0 bridgehead atoms. The van der Waals surface area contributed by atoms with Crippen molar-refractivity contribution in [2.75, 3.05) is 18.0 Å². The number of aromatic nitrogens is 2. The first-order valence-electron chi connectivity index (χ1n) is 7.87. The second-order valence-electron chi connectivity index (χ2n) is 7.11. The lowest BCUT2D eigenvalue weighted by atomic mass is 10.1. The van der Waals surface area contributed by atoms with E-state index in [9.17, 15) is 8.78 Å². The van der Waals surface area contributed by atoms with Crippen LogP contribution in [0.5, 0.6) is 0 Å². The summed E-state index contributed by atoms with van der Waals surface area (Å²) in [6.07, 6.45) is 1.51. The highest BCUT2D eigenvalue weighted by molar-refractivity contribution is 6.83. The maximum atomic E-state index is 13.4. The summed E-state index contributed by atoms with van der Waals surface area (Å²) in [6.45, 7) is 7.28. The van der Waals surface area contributed by atoms with Crippen LogP contribution in [0.2, 0.25) is 19.6 Å². The van der Waals surface area contributed by atoms with Gasteiger partial charge in [0.1, 0.15) is 13.9 Å². The van der Waals surface area contributed by atoms with Gasteiger partial charge >= 0.3 is 0 Å². The van der Waals surface area contributed by atoms with Crippen LogP contribution in [0.4, 0.5) is 14.6 Å². The first-order chi connectivity index (χ1) is 10.7. The van der Waals surface area contributed by atoms with Crippen molar-refractivity contribution in [3.05, 3.63) is 30.0 Å². The first kappa shape index (κ1) is 16.0. The summed E-state index contributed by atoms with van der Waals surface area (Å²) in [5, 5.41) is 4.33. The van der Waals surface area contributed by atoms with Crippen LogP contribution in [0.25, 0.3) is 5.52 Å². The summed E-state index contributed by atoms with van der Waals surface area (Å²) in [6, 6.07) is 5.89. The van der Waals surface area contributed by atoms with E-state index in [1.54, 1.807) is 6.20 Å². The molecule has 3 nitrogen and oxygen atoms in total. The van der Waals surface area contributed by atoms with E-state index in [4.69, 9.17) is 0 Å². The molecule has 122 valence electrons. The Labute approximate surface area is 136 Å². The highest BCUT2D eigenvalue weighted by Gasteiger charge is 2.34. The van der Waals surface area contributed by atoms with Gasteiger partial charge in [0.15, 0.2) is 0 Å². The zero-order valence-corrected chi connectivity index (χ0v) is 14.7. The Morgan fingerprint density at radius 3 is 2.52 bits per heavy atom. The monoisotopic (exact) mass is 333 g/mol. The number of hydrogen-bond acceptors (Lipinski definition) is 2. The van der Waals surface area contributed by atoms with Crippen LogP contribution >= 0.6 is 0 Å². The third-order valence-corrected chi connectivity index (χ3v) is 4.75. The van der Waals surface area contributed by atoms with E-state index >= 15 is 0 Å². The molecule has 1 aliphatic heterocycles. The smallest absolute Gasteiger partial charge is 0.251 e. The minimum Gasteiger partial charge on any atom is -0.356 e. The maximum Gasteiger partial charge on any atom is 0.251 e. The lowest BCUT2D eigenvalue weighted by Gasteiger charge is -2.33. The Kier molecular flexibility index (Phi) is 3.92. The molecule has 0 N–H and O–H groups in total. The van der Waals surface area contributed by atoms with Crippen molar-refractivity contribution in [3.8, 4) is 11.5 Å². The Balaban J connectivity index is 1.98. The quantitative estimate of drug-likeness (QED) is 0.584. The van der Waals surface area contributed by atoms with Crippen molar-refractivity contribution in [2.24, 2.45) is 0 Å². The number of rotatable bonds is 1. The molecule has 0 unspecified atom stereocenters. The number of hydrogen-bond donors (Lipinski definition) is 0. The topological polar surface area (TPSA) is 20.5 Å². The highest BCUT2D eigenvalue weighted by atomic mass is 28.3. The molecule has 0 aromatic carbocycles. The third-order valence-electron chi connectivity index (χ3n) is 3.88. The normalized spacial score (nSPS) is 17.9. The second-order valence-corrected chi connectivity index (χ2v) is 11.9. The molecule has 6 heteroatoms. The molecule has 1 fully saturated rings. The number of piperidine rings is 1. The third kappa shape index (κ3) is 3.73. The fourth-order valence-corrected chi connectivity index (χ4v) is 3.15. The Hall–Kier alpha value is -1.87. The Bertz CT molecular complexity index is 770. The lowest BCUT2D eigenvalue weighted by Crippen LogP contribution is -2.40. The summed E-state index contributed by atoms with van der Waals surface area (Å²) < 4.78 is 28.6. The van der Waals surface area contributed by atoms with Crippen LogP contribution in [-0.2, 0) is 0 Å². The zero-order chi connectivity index (χ0) is 16.7. The van der Waals surface area contributed by atoms with Gasteiger partial charge in [-0.25, -0.2) is 13.3 Å². The van der Waals surface area contributed by atoms with Gasteiger partial charge in [-0.2, -0.15) is 5.10 Å². The van der Waals surface area contributed by atoms with Gasteiger partial charge in [-0.05, 0) is 18.2 Å². The summed E-state index contributed by atoms with van der Waals surface area (Å²) in [5.41, 5.74) is 5.23. The lowest BCUT2D eigenvalue weighted by molar-refractivity contribution is -0.0222. The fraction of sp³-hybridized carbons (Fsp3) is 0.471. The molecule has 1 aliphatic rings. The maximum absolute atomic E-state index is 13.4. The minimum atomic E-state index is -2.55. The Morgan fingerprint density at radius 2 is 1.87 bits per heavy atom. The van der Waals surface area contributed by atoms with Gasteiger partial charge in [-0.3, -0.25) is 0 Å². The minimum absolute atomic E-state index is 0.111. The van der Waals surface area contributed by atoms with Crippen LogP contribution in [0.1, 0.15) is 18.4 Å². The summed E-state index contributed by atoms with van der Waals surface area (Å²) >= 11 is 0. The second kappa shape index (κ2) is 5.64. The van der Waals surface area contributed by atoms with Gasteiger partial charge in [0.25, 0.3) is 5.92 Å². The van der Waals surface area contributed by atoms with Gasteiger partial charge in [-0.1, -0.05) is 25.6 Å². The van der Waals surface area contributed by atoms with Crippen LogP contribution in [0, 0.1) is 11.5 Å². The number of pyridine rings is 1. The predicted molar refractivity (Wildman–Crippen MR) is 91.8 cm³/mol. The van der Waals surface area contributed by atoms with E-state index in [-0.39, 0.29) is 12.8 Å². The molecule has 3 heterocycles. The standard InChI is InChI=1S/C17H21F2N3Si/c1-23(2,3)11-5-14-12-15-4-8-20-22(15)16(13-14)21-9-6-17(18,19)7-10-21/h4,8,12-13H,6-7,9-10H2,1-3H3. The summed E-state index contributed by atoms with van der Waals surface area (Å²) in [5.74, 6) is 1.56. The molecule has 2 aromatic rings. The number of halogens is 2. The van der Waals surface area contributed by atoms with Gasteiger partial charge in [0, 0.05) is 31.5 Å². The number of fused-ring (bicyclic) bond motifs is 1. The van der Waals surface area contributed by atoms with Crippen molar-refractivity contribution in [1.29, 1.82) is 0 Å². The zero-order valence-electron chi connectivity index (χ0n) is 13.7. The molecular formula is C17H21F2N3Si. The SMILES string of the molecule is C[Si](C)(C)C#Cc1cc(N2CCC(F)(F)CC2)n2nccc2c1. The van der Waals surface area contributed by atoms with Crippen molar-refractivity contribution in [1.82, 2.24) is 9.61 Å². The summed E-state index contributed by atoms with van der Waals surface area (Å²) in [7, 11) is -1.46. The average molecular weight is 333 g/mol. The van der Waals surface area contributed by atoms with Gasteiger partial charge in [0.05, 0.1) is 11.7 Å². The van der Waals surface area contributed by atoms with Crippen molar-refractivity contribution in [2.45, 2.75) is 38.4 Å². The van der Waals surface area contributed by atoms with E-state index < -0.39 is 14.0 Å². The first-order valence-corrected chi connectivity index (χ1v) is 11.4. The van der Waals surface area contributed by atoms with E-state index in [1.165, 1.54) is 0 Å². The van der Waals surface area contributed by atoms with Crippen LogP contribution in [-0.4, -0.2) is 36.7 Å². The highest BCUT2D eigenvalue weighted by Crippen LogP contribution is 2.31. The van der Waals surface area contributed by atoms with E-state index in [2.05, 4.69) is 36.2 Å². The number of nitrogens with zero attached hydrogens (tertiary/aromatic N) is 3. The molecular weight excluding hydrogens is 312 g/mol. The van der Waals surface area contributed by atoms with Crippen molar-refractivity contribution >= 4 is 19.4 Å². The van der Waals surface area contributed by atoms with Crippen LogP contribution in [0.3, 0.4) is 0 Å². The van der Waals surface area contributed by atoms with E-state index in [0.29, 0.717) is 13.1 Å². The average Bonchev–Trinajstić information content (AvgIpc) is 2.92. The Morgan fingerprint density at radius 1 is 1.17 bits per heavy atom. The summed E-state index contributed by atoms with van der Waals surface area (Å²) in [4.78, 5) is 1.98. The largest absolute Gasteiger partial charge is 0.356 e. The van der Waals surface area contributed by atoms with Gasteiger partial charge in [-0.15, -0.1) is 5.54 Å². The molecule has 0 radical (unpaired) electrons. The molecule has 1 saturated heterocycles. The molecule has 0 saturated carbocycles. The van der Waals surface area contributed by atoms with Gasteiger partial charge < -0.3 is 4.90 Å². The molecule has 3 rings (SSSR count). The van der Waals surface area contributed by atoms with Crippen molar-refractivity contribution < 1.29 is 8.78 Å². The van der Waals surface area contributed by atoms with E-state index in [1.807, 2.05) is 27.6 Å². The molecule has 2 aromatic heterocycles. The van der Waals surface area contributed by atoms with Crippen LogP contribution in [0.15, 0.2) is 24.4 Å².